The second kappa shape index (κ2) is 5.95. The number of rotatable bonds is 2. The van der Waals surface area contributed by atoms with Crippen molar-refractivity contribution in [2.24, 2.45) is 12.5 Å². The van der Waals surface area contributed by atoms with Crippen LogP contribution in [0.3, 0.4) is 0 Å². The summed E-state index contributed by atoms with van der Waals surface area (Å²) in [5, 5.41) is 13.0. The number of carbonyl (C=O) groups excluding carboxylic acids is 2. The summed E-state index contributed by atoms with van der Waals surface area (Å²) in [7, 11) is 1.72. The number of nitrogens with zero attached hydrogens (tertiary/aromatic N) is 6. The largest absolute Gasteiger partial charge is 0.335 e. The second-order valence-corrected chi connectivity index (χ2v) is 7.03. The van der Waals surface area contributed by atoms with E-state index in [1.54, 1.807) is 41.1 Å². The van der Waals surface area contributed by atoms with Crippen LogP contribution in [0.15, 0.2) is 30.6 Å². The van der Waals surface area contributed by atoms with Gasteiger partial charge in [0.15, 0.2) is 0 Å². The van der Waals surface area contributed by atoms with Crippen molar-refractivity contribution < 1.29 is 9.59 Å². The lowest BCUT2D eigenvalue weighted by Crippen LogP contribution is -2.34. The zero-order chi connectivity index (χ0) is 18.3. The Balaban J connectivity index is 1.49. The average Bonchev–Trinajstić information content (AvgIpc) is 3.34. The average molecular weight is 350 g/mol. The van der Waals surface area contributed by atoms with Crippen LogP contribution in [-0.4, -0.2) is 51.1 Å². The standard InChI is InChI=1S/C18H18N6O2/c1-22-12-20-16(21-22)17(26)23-7-6-18(10-23)8-15(25)24(11-18)14-4-2-13(9-19)3-5-14/h2-5,12H,6-8,10-11H2,1H3. The van der Waals surface area contributed by atoms with Crippen molar-refractivity contribution in [3.63, 3.8) is 0 Å². The van der Waals surface area contributed by atoms with Gasteiger partial charge in [-0.05, 0) is 30.7 Å². The highest BCUT2D eigenvalue weighted by Gasteiger charge is 2.49. The smallest absolute Gasteiger partial charge is 0.293 e. The van der Waals surface area contributed by atoms with Gasteiger partial charge < -0.3 is 9.80 Å². The predicted octanol–water partition coefficient (Wildman–Crippen LogP) is 0.956. The summed E-state index contributed by atoms with van der Waals surface area (Å²) >= 11 is 0. The summed E-state index contributed by atoms with van der Waals surface area (Å²) in [6, 6.07) is 9.10. The first kappa shape index (κ1) is 16.3. The van der Waals surface area contributed by atoms with E-state index in [4.69, 9.17) is 5.26 Å². The number of hydrogen-bond acceptors (Lipinski definition) is 5. The first-order valence-electron chi connectivity index (χ1n) is 8.45. The molecule has 2 saturated heterocycles. The molecule has 2 amide bonds. The monoisotopic (exact) mass is 350 g/mol. The molecule has 1 aromatic heterocycles. The van der Waals surface area contributed by atoms with Gasteiger partial charge in [-0.1, -0.05) is 0 Å². The minimum Gasteiger partial charge on any atom is -0.335 e. The van der Waals surface area contributed by atoms with Crippen molar-refractivity contribution in [1.82, 2.24) is 19.7 Å². The molecule has 26 heavy (non-hydrogen) atoms. The third-order valence-corrected chi connectivity index (χ3v) is 5.15. The normalized spacial score (nSPS) is 22.2. The lowest BCUT2D eigenvalue weighted by Gasteiger charge is -2.24. The maximum absolute atomic E-state index is 12.6. The molecule has 8 heteroatoms. The number of anilines is 1. The van der Waals surface area contributed by atoms with E-state index in [9.17, 15) is 9.59 Å². The fourth-order valence-electron chi connectivity index (χ4n) is 3.81. The van der Waals surface area contributed by atoms with Crippen LogP contribution in [0.2, 0.25) is 0 Å². The van der Waals surface area contributed by atoms with Gasteiger partial charge in [0.25, 0.3) is 5.91 Å². The number of hydrogen-bond donors (Lipinski definition) is 0. The van der Waals surface area contributed by atoms with Crippen LogP contribution in [0.4, 0.5) is 5.69 Å². The van der Waals surface area contributed by atoms with Crippen LogP contribution >= 0.6 is 0 Å². The van der Waals surface area contributed by atoms with Crippen molar-refractivity contribution in [2.45, 2.75) is 12.8 Å². The molecule has 8 nitrogen and oxygen atoms in total. The molecule has 4 rings (SSSR count). The fraction of sp³-hybridized carbons (Fsp3) is 0.389. The van der Waals surface area contributed by atoms with Gasteiger partial charge in [-0.3, -0.25) is 14.3 Å². The topological polar surface area (TPSA) is 95.1 Å². The van der Waals surface area contributed by atoms with Crippen molar-refractivity contribution in [3.05, 3.63) is 42.0 Å². The summed E-state index contributed by atoms with van der Waals surface area (Å²) in [6.07, 6.45) is 2.71. The Morgan fingerprint density at radius 3 is 2.69 bits per heavy atom. The van der Waals surface area contributed by atoms with E-state index in [1.165, 1.54) is 11.0 Å². The highest BCUT2D eigenvalue weighted by atomic mass is 16.2. The lowest BCUT2D eigenvalue weighted by molar-refractivity contribution is -0.117. The maximum Gasteiger partial charge on any atom is 0.293 e. The summed E-state index contributed by atoms with van der Waals surface area (Å²) < 4.78 is 1.50. The maximum atomic E-state index is 12.6. The van der Waals surface area contributed by atoms with E-state index in [0.29, 0.717) is 31.6 Å². The van der Waals surface area contributed by atoms with E-state index < -0.39 is 0 Å². The van der Waals surface area contributed by atoms with E-state index in [2.05, 4.69) is 16.2 Å². The Morgan fingerprint density at radius 1 is 1.27 bits per heavy atom. The molecular formula is C18H18N6O2. The van der Waals surface area contributed by atoms with Crippen LogP contribution in [0.25, 0.3) is 0 Å². The number of carbonyl (C=O) groups is 2. The quantitative estimate of drug-likeness (QED) is 0.804. The van der Waals surface area contributed by atoms with Crippen LogP contribution in [0.5, 0.6) is 0 Å². The SMILES string of the molecule is Cn1cnc(C(=O)N2CCC3(CC(=O)N(c4ccc(C#N)cc4)C3)C2)n1. The Hall–Kier alpha value is -3.21. The summed E-state index contributed by atoms with van der Waals surface area (Å²) in [4.78, 5) is 32.7. The number of likely N-dealkylation sites (tertiary alicyclic amines) is 1. The molecular weight excluding hydrogens is 332 g/mol. The first-order valence-corrected chi connectivity index (χ1v) is 8.45. The van der Waals surface area contributed by atoms with Gasteiger partial charge in [-0.2, -0.15) is 5.26 Å². The van der Waals surface area contributed by atoms with Crippen molar-refractivity contribution in [3.8, 4) is 6.07 Å². The van der Waals surface area contributed by atoms with Crippen LogP contribution < -0.4 is 4.90 Å². The minimum absolute atomic E-state index is 0.0555. The third-order valence-electron chi connectivity index (χ3n) is 5.15. The Morgan fingerprint density at radius 2 is 2.04 bits per heavy atom. The van der Waals surface area contributed by atoms with Gasteiger partial charge in [0, 0.05) is 44.2 Å². The highest BCUT2D eigenvalue weighted by molar-refractivity contribution is 5.97. The molecule has 2 fully saturated rings. The summed E-state index contributed by atoms with van der Waals surface area (Å²) in [5.41, 5.74) is 1.13. The molecule has 132 valence electrons. The van der Waals surface area contributed by atoms with Crippen molar-refractivity contribution in [2.75, 3.05) is 24.5 Å². The zero-order valence-electron chi connectivity index (χ0n) is 14.4. The molecule has 0 aliphatic carbocycles. The lowest BCUT2D eigenvalue weighted by atomic mass is 9.86. The van der Waals surface area contributed by atoms with E-state index in [-0.39, 0.29) is 23.1 Å². The molecule has 1 spiro atoms. The molecule has 0 saturated carbocycles. The Kier molecular flexibility index (Phi) is 3.72. The van der Waals surface area contributed by atoms with Gasteiger partial charge in [-0.25, -0.2) is 4.98 Å². The summed E-state index contributed by atoms with van der Waals surface area (Å²) in [5.74, 6) is 0.0598. The first-order chi connectivity index (χ1) is 12.5. The molecule has 1 atom stereocenters. The Labute approximate surface area is 150 Å². The Bertz CT molecular complexity index is 913. The molecule has 2 aliphatic rings. The molecule has 0 bridgehead atoms. The van der Waals surface area contributed by atoms with Gasteiger partial charge >= 0.3 is 0 Å². The summed E-state index contributed by atoms with van der Waals surface area (Å²) in [6.45, 7) is 1.71. The number of aromatic nitrogens is 3. The molecule has 2 aromatic rings. The van der Waals surface area contributed by atoms with Gasteiger partial charge in [-0.15, -0.1) is 5.10 Å². The van der Waals surface area contributed by atoms with E-state index in [0.717, 1.165) is 12.1 Å². The van der Waals surface area contributed by atoms with Gasteiger partial charge in [0.1, 0.15) is 6.33 Å². The predicted molar refractivity (Wildman–Crippen MR) is 92.1 cm³/mol. The zero-order valence-corrected chi connectivity index (χ0v) is 14.4. The molecule has 1 aromatic carbocycles. The second-order valence-electron chi connectivity index (χ2n) is 7.03. The van der Waals surface area contributed by atoms with E-state index >= 15 is 0 Å². The highest BCUT2D eigenvalue weighted by Crippen LogP contribution is 2.42. The minimum atomic E-state index is -0.227. The van der Waals surface area contributed by atoms with Crippen LogP contribution in [0.1, 0.15) is 29.0 Å². The van der Waals surface area contributed by atoms with Crippen molar-refractivity contribution >= 4 is 17.5 Å². The molecule has 2 aliphatic heterocycles. The van der Waals surface area contributed by atoms with Gasteiger partial charge in [0.05, 0.1) is 11.6 Å². The third kappa shape index (κ3) is 2.71. The number of nitriles is 1. The number of aryl methyl sites for hydroxylation is 1. The van der Waals surface area contributed by atoms with Gasteiger partial charge in [0.2, 0.25) is 11.7 Å². The fourth-order valence-corrected chi connectivity index (χ4v) is 3.81. The van der Waals surface area contributed by atoms with E-state index in [1.807, 2.05) is 0 Å². The molecule has 3 heterocycles. The molecule has 1 unspecified atom stereocenters. The molecule has 0 radical (unpaired) electrons. The van der Waals surface area contributed by atoms with Crippen molar-refractivity contribution in [1.29, 1.82) is 5.26 Å². The van der Waals surface area contributed by atoms with Crippen LogP contribution in [-0.2, 0) is 11.8 Å². The molecule has 0 N–H and O–H groups in total. The number of amides is 2. The van der Waals surface area contributed by atoms with Crippen LogP contribution in [0, 0.1) is 16.7 Å². The number of benzene rings is 1.